The van der Waals surface area contributed by atoms with Gasteiger partial charge in [0.1, 0.15) is 18.0 Å². The molecule has 0 bridgehead atoms. The lowest BCUT2D eigenvalue weighted by Crippen LogP contribution is -2.42. The largest absolute Gasteiger partial charge is 0.367 e. The third-order valence-electron chi connectivity index (χ3n) is 4.30. The Morgan fingerprint density at radius 2 is 1.92 bits per heavy atom. The molecule has 0 radical (unpaired) electrons. The van der Waals surface area contributed by atoms with E-state index in [1.165, 1.54) is 10.6 Å². The monoisotopic (exact) mass is 350 g/mol. The highest BCUT2D eigenvalue weighted by molar-refractivity contribution is 7.89. The number of rotatable bonds is 4. The minimum Gasteiger partial charge on any atom is -0.367 e. The molecule has 0 unspecified atom stereocenters. The van der Waals surface area contributed by atoms with Gasteiger partial charge in [-0.1, -0.05) is 0 Å². The number of hydrogen-bond donors (Lipinski definition) is 1. The molecule has 1 fully saturated rings. The molecule has 1 aliphatic rings. The second kappa shape index (κ2) is 6.48. The van der Waals surface area contributed by atoms with Crippen LogP contribution in [0.3, 0.4) is 0 Å². The van der Waals surface area contributed by atoms with E-state index in [1.54, 1.807) is 24.7 Å². The molecule has 0 spiro atoms. The molecule has 3 heterocycles. The summed E-state index contributed by atoms with van der Waals surface area (Å²) in [7, 11) is -1.73. The fraction of sp³-hybridized carbons (Fsp3) is 0.533. The predicted molar refractivity (Wildman–Crippen MR) is 90.1 cm³/mol. The van der Waals surface area contributed by atoms with E-state index in [4.69, 9.17) is 0 Å². The van der Waals surface area contributed by atoms with Crippen LogP contribution in [0.5, 0.6) is 0 Å². The fourth-order valence-electron chi connectivity index (χ4n) is 2.77. The molecule has 1 N–H and O–H groups in total. The molecule has 0 amide bonds. The second-order valence-electron chi connectivity index (χ2n) is 6.10. The summed E-state index contributed by atoms with van der Waals surface area (Å²) >= 11 is 0. The number of anilines is 1. The van der Waals surface area contributed by atoms with E-state index in [2.05, 4.69) is 20.3 Å². The molecular weight excluding hydrogens is 328 g/mol. The highest BCUT2D eigenvalue weighted by Gasteiger charge is 2.31. The van der Waals surface area contributed by atoms with Crippen molar-refractivity contribution in [1.29, 1.82) is 0 Å². The van der Waals surface area contributed by atoms with E-state index in [0.29, 0.717) is 18.9 Å². The Kier molecular flexibility index (Phi) is 4.55. The summed E-state index contributed by atoms with van der Waals surface area (Å²) in [6.07, 6.45) is 4.56. The summed E-state index contributed by atoms with van der Waals surface area (Å²) in [5, 5.41) is 3.48. The summed E-state index contributed by atoms with van der Waals surface area (Å²) in [5.74, 6) is 1.47. The van der Waals surface area contributed by atoms with Crippen molar-refractivity contribution in [2.45, 2.75) is 37.8 Å². The van der Waals surface area contributed by atoms with Gasteiger partial charge in [0.05, 0.1) is 0 Å². The molecule has 1 aliphatic heterocycles. The smallest absolute Gasteiger partial charge is 0.262 e. The molecule has 1 saturated heterocycles. The van der Waals surface area contributed by atoms with Crippen LogP contribution in [0.1, 0.15) is 24.4 Å². The Morgan fingerprint density at radius 3 is 2.50 bits per heavy atom. The first kappa shape index (κ1) is 16.8. The quantitative estimate of drug-likeness (QED) is 0.887. The second-order valence-corrected chi connectivity index (χ2v) is 7.99. The van der Waals surface area contributed by atoms with Gasteiger partial charge in [-0.05, 0) is 26.7 Å². The van der Waals surface area contributed by atoms with Gasteiger partial charge in [0.25, 0.3) is 10.0 Å². The van der Waals surface area contributed by atoms with Gasteiger partial charge in [0, 0.05) is 44.1 Å². The molecule has 130 valence electrons. The molecule has 8 nitrogen and oxygen atoms in total. The topological polar surface area (TPSA) is 93.0 Å². The van der Waals surface area contributed by atoms with E-state index in [9.17, 15) is 8.42 Å². The van der Waals surface area contributed by atoms with Crippen LogP contribution in [0.2, 0.25) is 0 Å². The summed E-state index contributed by atoms with van der Waals surface area (Å²) < 4.78 is 28.6. The minimum absolute atomic E-state index is 0.125. The van der Waals surface area contributed by atoms with Gasteiger partial charge in [-0.2, -0.15) is 4.31 Å². The third kappa shape index (κ3) is 3.41. The number of aromatic nitrogens is 4. The molecule has 0 aliphatic carbocycles. The number of sulfonamides is 1. The lowest BCUT2D eigenvalue weighted by molar-refractivity contribution is 0.328. The Hall–Kier alpha value is -2.00. The highest BCUT2D eigenvalue weighted by atomic mass is 32.2. The van der Waals surface area contributed by atoms with Crippen LogP contribution in [-0.4, -0.2) is 51.4 Å². The molecule has 2 aromatic rings. The highest BCUT2D eigenvalue weighted by Crippen LogP contribution is 2.21. The van der Waals surface area contributed by atoms with Gasteiger partial charge in [-0.15, -0.1) is 0 Å². The van der Waals surface area contributed by atoms with Gasteiger partial charge in [0.2, 0.25) is 0 Å². The summed E-state index contributed by atoms with van der Waals surface area (Å²) in [4.78, 5) is 12.4. The maximum Gasteiger partial charge on any atom is 0.262 e. The molecule has 0 atom stereocenters. The van der Waals surface area contributed by atoms with Crippen LogP contribution in [0.25, 0.3) is 0 Å². The Labute approximate surface area is 142 Å². The van der Waals surface area contributed by atoms with Crippen LogP contribution < -0.4 is 5.32 Å². The zero-order valence-corrected chi connectivity index (χ0v) is 14.9. The number of nitrogens with one attached hydrogen (secondary N) is 1. The zero-order chi connectivity index (χ0) is 17.3. The van der Waals surface area contributed by atoms with Crippen molar-refractivity contribution in [3.63, 3.8) is 0 Å². The average Bonchev–Trinajstić information content (AvgIpc) is 2.88. The number of imidazole rings is 1. The molecule has 24 heavy (non-hydrogen) atoms. The Balaban J connectivity index is 1.64. The molecule has 0 saturated carbocycles. The zero-order valence-electron chi connectivity index (χ0n) is 14.1. The van der Waals surface area contributed by atoms with E-state index < -0.39 is 10.0 Å². The lowest BCUT2D eigenvalue weighted by Gasteiger charge is -2.31. The minimum atomic E-state index is -3.52. The first-order valence-electron chi connectivity index (χ1n) is 7.91. The molecule has 2 aromatic heterocycles. The lowest BCUT2D eigenvalue weighted by atomic mass is 10.1. The van der Waals surface area contributed by atoms with E-state index >= 15 is 0 Å². The summed E-state index contributed by atoms with van der Waals surface area (Å²) in [6, 6.07) is 2.09. The third-order valence-corrected chi connectivity index (χ3v) is 6.07. The molecular formula is C15H22N6O2S. The van der Waals surface area contributed by atoms with Crippen LogP contribution in [-0.2, 0) is 17.1 Å². The number of nitrogens with zero attached hydrogens (tertiary/aromatic N) is 5. The maximum atomic E-state index is 12.7. The van der Waals surface area contributed by atoms with Crippen molar-refractivity contribution in [2.24, 2.45) is 7.05 Å². The predicted octanol–water partition coefficient (Wildman–Crippen LogP) is 1.09. The van der Waals surface area contributed by atoms with Crippen molar-refractivity contribution < 1.29 is 8.42 Å². The number of aryl methyl sites for hydroxylation is 3. The standard InChI is InChI=1S/C15H22N6O2S/c1-11-8-14(17-10-16-11)19-13-4-6-21(7-5-13)24(22,23)15-9-20(3)12(2)18-15/h8-10,13H,4-7H2,1-3H3,(H,16,17,19). The van der Waals surface area contributed by atoms with E-state index in [1.807, 2.05) is 13.0 Å². The first-order valence-corrected chi connectivity index (χ1v) is 9.35. The van der Waals surface area contributed by atoms with Gasteiger partial charge in [-0.3, -0.25) is 0 Å². The molecule has 0 aromatic carbocycles. The van der Waals surface area contributed by atoms with Crippen LogP contribution in [0.4, 0.5) is 5.82 Å². The summed E-state index contributed by atoms with van der Waals surface area (Å²) in [5.41, 5.74) is 0.901. The van der Waals surface area contributed by atoms with Crippen molar-refractivity contribution in [3.05, 3.63) is 30.1 Å². The van der Waals surface area contributed by atoms with Crippen molar-refractivity contribution in [3.8, 4) is 0 Å². The Morgan fingerprint density at radius 1 is 1.21 bits per heavy atom. The summed E-state index contributed by atoms with van der Waals surface area (Å²) in [6.45, 7) is 4.65. The van der Waals surface area contributed by atoms with Crippen molar-refractivity contribution in [2.75, 3.05) is 18.4 Å². The van der Waals surface area contributed by atoms with E-state index in [-0.39, 0.29) is 11.1 Å². The van der Waals surface area contributed by atoms with Gasteiger partial charge >= 0.3 is 0 Å². The SMILES string of the molecule is Cc1cc(NC2CCN(S(=O)(=O)c3cn(C)c(C)n3)CC2)ncn1. The molecule has 3 rings (SSSR count). The number of hydrogen-bond acceptors (Lipinski definition) is 6. The normalized spacial score (nSPS) is 17.1. The molecule has 9 heteroatoms. The van der Waals surface area contributed by atoms with Gasteiger partial charge in [-0.25, -0.2) is 23.4 Å². The van der Waals surface area contributed by atoms with Crippen LogP contribution in [0.15, 0.2) is 23.6 Å². The number of piperidine rings is 1. The van der Waals surface area contributed by atoms with E-state index in [0.717, 1.165) is 24.4 Å². The average molecular weight is 350 g/mol. The Bertz CT molecular complexity index is 805. The maximum absolute atomic E-state index is 12.7. The van der Waals surface area contributed by atoms with Crippen molar-refractivity contribution in [1.82, 2.24) is 23.8 Å². The van der Waals surface area contributed by atoms with Crippen LogP contribution in [0, 0.1) is 13.8 Å². The van der Waals surface area contributed by atoms with Crippen LogP contribution >= 0.6 is 0 Å². The van der Waals surface area contributed by atoms with Gasteiger partial charge < -0.3 is 9.88 Å². The van der Waals surface area contributed by atoms with Crippen molar-refractivity contribution >= 4 is 15.8 Å². The van der Waals surface area contributed by atoms with Gasteiger partial charge in [0.15, 0.2) is 5.03 Å². The first-order chi connectivity index (χ1) is 11.4. The fourth-order valence-corrected chi connectivity index (χ4v) is 4.26.